The minimum Gasteiger partial charge on any atom is -0.497 e. The first kappa shape index (κ1) is 19.4. The van der Waals surface area contributed by atoms with Crippen molar-refractivity contribution in [2.24, 2.45) is 11.3 Å². The van der Waals surface area contributed by atoms with E-state index in [9.17, 15) is 9.90 Å². The zero-order valence-corrected chi connectivity index (χ0v) is 17.6. The van der Waals surface area contributed by atoms with Crippen LogP contribution in [0.5, 0.6) is 5.75 Å². The lowest BCUT2D eigenvalue weighted by atomic mass is 9.71. The largest absolute Gasteiger partial charge is 0.497 e. The Bertz CT molecular complexity index is 746. The number of hydrogen-bond acceptors (Lipinski definition) is 4. The van der Waals surface area contributed by atoms with Gasteiger partial charge in [-0.15, -0.1) is 0 Å². The number of ether oxygens (including phenoxy) is 1. The van der Waals surface area contributed by atoms with E-state index in [1.165, 1.54) is 19.3 Å². The van der Waals surface area contributed by atoms with Gasteiger partial charge >= 0.3 is 0 Å². The summed E-state index contributed by atoms with van der Waals surface area (Å²) in [6.45, 7) is 4.13. The van der Waals surface area contributed by atoms with Crippen LogP contribution in [-0.4, -0.2) is 66.8 Å². The molecule has 2 saturated heterocycles. The van der Waals surface area contributed by atoms with Crippen molar-refractivity contribution >= 4 is 5.91 Å². The standard InChI is InChI=1S/C24H34N2O3/c1-29-21-7-5-18(6-8-21)24(9-10-24)22(28)25-13-11-23(12-14-25)17-26(15-19(23)16-27)20-3-2-4-20/h5-8,19-20,27H,2-4,9-17H2,1H3. The van der Waals surface area contributed by atoms with Crippen LogP contribution in [0, 0.1) is 11.3 Å². The highest BCUT2D eigenvalue weighted by molar-refractivity contribution is 5.91. The van der Waals surface area contributed by atoms with Gasteiger partial charge in [0.15, 0.2) is 0 Å². The number of aliphatic hydroxyl groups is 1. The average Bonchev–Trinajstić information content (AvgIpc) is 3.46. The van der Waals surface area contributed by atoms with E-state index in [4.69, 9.17) is 4.74 Å². The molecule has 5 heteroatoms. The quantitative estimate of drug-likeness (QED) is 0.829. The predicted octanol–water partition coefficient (Wildman–Crippen LogP) is 2.81. The fraction of sp³-hybridized carbons (Fsp3) is 0.708. The van der Waals surface area contributed by atoms with Crippen molar-refractivity contribution in [2.75, 3.05) is 39.9 Å². The van der Waals surface area contributed by atoms with Crippen LogP contribution in [0.3, 0.4) is 0 Å². The second kappa shape index (κ2) is 7.28. The molecule has 29 heavy (non-hydrogen) atoms. The molecule has 2 saturated carbocycles. The molecule has 4 fully saturated rings. The number of carbonyl (C=O) groups excluding carboxylic acids is 1. The summed E-state index contributed by atoms with van der Waals surface area (Å²) in [6, 6.07) is 8.79. The van der Waals surface area contributed by atoms with E-state index in [-0.39, 0.29) is 17.4 Å². The first-order valence-electron chi connectivity index (χ1n) is 11.4. The third kappa shape index (κ3) is 3.17. The number of hydrogen-bond donors (Lipinski definition) is 1. The predicted molar refractivity (Wildman–Crippen MR) is 112 cm³/mol. The lowest BCUT2D eigenvalue weighted by molar-refractivity contribution is -0.136. The van der Waals surface area contributed by atoms with Crippen LogP contribution in [0.1, 0.15) is 50.5 Å². The summed E-state index contributed by atoms with van der Waals surface area (Å²) >= 11 is 0. The van der Waals surface area contributed by atoms with Gasteiger partial charge in [0.1, 0.15) is 5.75 Å². The van der Waals surface area contributed by atoms with Crippen LogP contribution in [0.4, 0.5) is 0 Å². The third-order valence-electron chi connectivity index (χ3n) is 8.50. The summed E-state index contributed by atoms with van der Waals surface area (Å²) in [5.74, 6) is 1.52. The van der Waals surface area contributed by atoms with Gasteiger partial charge in [-0.05, 0) is 61.6 Å². The van der Waals surface area contributed by atoms with Crippen LogP contribution in [0.25, 0.3) is 0 Å². The highest BCUT2D eigenvalue weighted by Crippen LogP contribution is 2.52. The second-order valence-corrected chi connectivity index (χ2v) is 9.86. The number of piperidine rings is 1. The van der Waals surface area contributed by atoms with E-state index < -0.39 is 0 Å². The Kier molecular flexibility index (Phi) is 4.86. The van der Waals surface area contributed by atoms with Crippen LogP contribution < -0.4 is 4.74 Å². The molecule has 2 aliphatic carbocycles. The van der Waals surface area contributed by atoms with Crippen molar-refractivity contribution in [3.8, 4) is 5.75 Å². The molecule has 2 heterocycles. The summed E-state index contributed by atoms with van der Waals surface area (Å²) in [4.78, 5) is 18.2. The molecule has 0 bridgehead atoms. The molecule has 158 valence electrons. The van der Waals surface area contributed by atoms with Gasteiger partial charge in [-0.2, -0.15) is 0 Å². The first-order valence-corrected chi connectivity index (χ1v) is 11.4. The molecule has 1 atom stereocenters. The number of likely N-dealkylation sites (tertiary alicyclic amines) is 2. The number of methoxy groups -OCH3 is 1. The topological polar surface area (TPSA) is 53.0 Å². The molecule has 0 aromatic heterocycles. The molecule has 5 nitrogen and oxygen atoms in total. The third-order valence-corrected chi connectivity index (χ3v) is 8.50. The molecule has 1 unspecified atom stereocenters. The Hall–Kier alpha value is -1.59. The maximum Gasteiger partial charge on any atom is 0.233 e. The number of aliphatic hydroxyl groups excluding tert-OH is 1. The van der Waals surface area contributed by atoms with Crippen molar-refractivity contribution in [1.82, 2.24) is 9.80 Å². The molecular formula is C24H34N2O3. The van der Waals surface area contributed by atoms with E-state index >= 15 is 0 Å². The molecule has 1 N–H and O–H groups in total. The molecule has 1 amide bonds. The van der Waals surface area contributed by atoms with Crippen LogP contribution in [0.15, 0.2) is 24.3 Å². The lowest BCUT2D eigenvalue weighted by Crippen LogP contribution is -2.50. The first-order chi connectivity index (χ1) is 14.1. The monoisotopic (exact) mass is 398 g/mol. The van der Waals surface area contributed by atoms with E-state index in [0.717, 1.165) is 69.2 Å². The van der Waals surface area contributed by atoms with Crippen molar-refractivity contribution < 1.29 is 14.6 Å². The van der Waals surface area contributed by atoms with Crippen molar-refractivity contribution in [3.05, 3.63) is 29.8 Å². The number of carbonyl (C=O) groups is 1. The van der Waals surface area contributed by atoms with Crippen LogP contribution in [0.2, 0.25) is 0 Å². The molecule has 1 aromatic rings. The molecule has 4 aliphatic rings. The fourth-order valence-corrected chi connectivity index (χ4v) is 6.04. The van der Waals surface area contributed by atoms with Gasteiger partial charge in [-0.1, -0.05) is 18.6 Å². The van der Waals surface area contributed by atoms with Crippen LogP contribution in [-0.2, 0) is 10.2 Å². The Balaban J connectivity index is 1.26. The summed E-state index contributed by atoms with van der Waals surface area (Å²) in [7, 11) is 1.67. The van der Waals surface area contributed by atoms with Gasteiger partial charge < -0.3 is 14.7 Å². The summed E-state index contributed by atoms with van der Waals surface area (Å²) in [5.41, 5.74) is 1.03. The minimum absolute atomic E-state index is 0.206. The normalized spacial score (nSPS) is 28.3. The van der Waals surface area contributed by atoms with Gasteiger partial charge in [0.05, 0.1) is 12.5 Å². The van der Waals surface area contributed by atoms with Crippen LogP contribution >= 0.6 is 0 Å². The SMILES string of the molecule is COc1ccc(C2(C(=O)N3CCC4(CC3)CN(C3CCC3)CC4CO)CC2)cc1. The van der Waals surface area contributed by atoms with Gasteiger partial charge in [0, 0.05) is 44.7 Å². The van der Waals surface area contributed by atoms with E-state index in [1.54, 1.807) is 7.11 Å². The number of nitrogens with zero attached hydrogens (tertiary/aromatic N) is 2. The highest BCUT2D eigenvalue weighted by Gasteiger charge is 2.55. The molecule has 0 radical (unpaired) electrons. The number of rotatable bonds is 5. The Morgan fingerprint density at radius 1 is 1.14 bits per heavy atom. The molecule has 5 rings (SSSR count). The Morgan fingerprint density at radius 3 is 2.34 bits per heavy atom. The number of amides is 1. The average molecular weight is 399 g/mol. The van der Waals surface area contributed by atoms with E-state index in [2.05, 4.69) is 21.9 Å². The smallest absolute Gasteiger partial charge is 0.233 e. The maximum atomic E-state index is 13.5. The van der Waals surface area contributed by atoms with Crippen molar-refractivity contribution in [2.45, 2.75) is 56.4 Å². The lowest BCUT2D eigenvalue weighted by Gasteiger charge is -2.44. The fourth-order valence-electron chi connectivity index (χ4n) is 6.04. The van der Waals surface area contributed by atoms with Crippen molar-refractivity contribution in [3.63, 3.8) is 0 Å². The summed E-state index contributed by atoms with van der Waals surface area (Å²) in [5, 5.41) is 10.1. The molecule has 1 aromatic carbocycles. The zero-order valence-electron chi connectivity index (χ0n) is 17.6. The zero-order chi connectivity index (χ0) is 20.1. The van der Waals surface area contributed by atoms with Crippen molar-refractivity contribution in [1.29, 1.82) is 0 Å². The Morgan fingerprint density at radius 2 is 1.83 bits per heavy atom. The van der Waals surface area contributed by atoms with Gasteiger partial charge in [0.2, 0.25) is 5.91 Å². The maximum absolute atomic E-state index is 13.5. The highest BCUT2D eigenvalue weighted by atomic mass is 16.5. The second-order valence-electron chi connectivity index (χ2n) is 9.86. The molecular weight excluding hydrogens is 364 g/mol. The van der Waals surface area contributed by atoms with Gasteiger partial charge in [-0.3, -0.25) is 9.69 Å². The molecule has 2 aliphatic heterocycles. The van der Waals surface area contributed by atoms with E-state index in [0.29, 0.717) is 11.8 Å². The number of benzene rings is 1. The summed E-state index contributed by atoms with van der Waals surface area (Å²) in [6.07, 6.45) is 7.97. The van der Waals surface area contributed by atoms with Gasteiger partial charge in [-0.25, -0.2) is 0 Å². The minimum atomic E-state index is -0.305. The summed E-state index contributed by atoms with van der Waals surface area (Å²) < 4.78 is 5.27. The molecule has 1 spiro atoms. The van der Waals surface area contributed by atoms with E-state index in [1.807, 2.05) is 12.1 Å². The van der Waals surface area contributed by atoms with Gasteiger partial charge in [0.25, 0.3) is 0 Å². The Labute approximate surface area is 174 Å².